The van der Waals surface area contributed by atoms with Crippen LogP contribution in [0.5, 0.6) is 0 Å². The Morgan fingerprint density at radius 3 is 2.25 bits per heavy atom. The zero-order valence-corrected chi connectivity index (χ0v) is 15.0. The van der Waals surface area contributed by atoms with E-state index in [1.54, 1.807) is 61.5 Å². The lowest BCUT2D eigenvalue weighted by atomic mass is 10.2. The lowest BCUT2D eigenvalue weighted by molar-refractivity contribution is -0.122. The summed E-state index contributed by atoms with van der Waals surface area (Å²) in [6.07, 6.45) is 1.09. The van der Waals surface area contributed by atoms with E-state index >= 15 is 0 Å². The number of nitrogens with one attached hydrogen (secondary N) is 1. The Balaban J connectivity index is 2.13. The number of para-hydroxylation sites is 1. The van der Waals surface area contributed by atoms with E-state index in [2.05, 4.69) is 5.32 Å². The number of nitrogens with zero attached hydrogens (tertiary/aromatic N) is 1. The molecule has 2 aromatic rings. The topological polar surface area (TPSA) is 66.5 Å². The molecular weight excluding hydrogens is 348 g/mol. The van der Waals surface area contributed by atoms with Gasteiger partial charge in [-0.15, -0.1) is 0 Å². The number of benzene rings is 2. The summed E-state index contributed by atoms with van der Waals surface area (Å²) in [6.45, 7) is 1.86. The summed E-state index contributed by atoms with van der Waals surface area (Å²) in [7, 11) is -3.60. The molecule has 0 aliphatic rings. The summed E-state index contributed by atoms with van der Waals surface area (Å²) in [5.74, 6) is -0.376. The molecule has 0 spiro atoms. The monoisotopic (exact) mass is 366 g/mol. The maximum atomic E-state index is 12.4. The van der Waals surface area contributed by atoms with E-state index in [-0.39, 0.29) is 5.91 Å². The van der Waals surface area contributed by atoms with Gasteiger partial charge in [-0.3, -0.25) is 9.10 Å². The summed E-state index contributed by atoms with van der Waals surface area (Å²) in [5.41, 5.74) is 1.33. The van der Waals surface area contributed by atoms with Gasteiger partial charge in [0.2, 0.25) is 15.9 Å². The van der Waals surface area contributed by atoms with Crippen LogP contribution in [0.15, 0.2) is 54.6 Å². The molecule has 0 radical (unpaired) electrons. The molecule has 7 heteroatoms. The molecule has 1 amide bonds. The van der Waals surface area contributed by atoms with E-state index in [0.717, 1.165) is 16.1 Å². The van der Waals surface area contributed by atoms with Crippen molar-refractivity contribution in [2.75, 3.05) is 10.6 Å². The Morgan fingerprint density at radius 1 is 1.12 bits per heavy atom. The largest absolute Gasteiger partial charge is 0.350 e. The number of anilines is 1. The lowest BCUT2D eigenvalue weighted by Crippen LogP contribution is -2.47. The fourth-order valence-corrected chi connectivity index (χ4v) is 3.62. The van der Waals surface area contributed by atoms with Crippen LogP contribution in [0.25, 0.3) is 0 Å². The SMILES string of the molecule is C[C@H](C(=O)NCc1ccc(Cl)cc1)N(c1ccccc1)S(C)(=O)=O. The van der Waals surface area contributed by atoms with Crippen molar-refractivity contribution in [1.29, 1.82) is 0 Å². The molecule has 2 aromatic carbocycles. The van der Waals surface area contributed by atoms with Gasteiger partial charge in [0.05, 0.1) is 11.9 Å². The standard InChI is InChI=1S/C17H19ClN2O3S/c1-13(17(21)19-12-14-8-10-15(18)11-9-14)20(24(2,22)23)16-6-4-3-5-7-16/h3-11,13H,12H2,1-2H3,(H,19,21)/t13-/m1/s1. The van der Waals surface area contributed by atoms with Crippen LogP contribution in [0, 0.1) is 0 Å². The Labute approximate surface area is 147 Å². The van der Waals surface area contributed by atoms with Crippen LogP contribution < -0.4 is 9.62 Å². The van der Waals surface area contributed by atoms with Gasteiger partial charge in [0, 0.05) is 11.6 Å². The highest BCUT2D eigenvalue weighted by molar-refractivity contribution is 7.92. The van der Waals surface area contributed by atoms with E-state index in [0.29, 0.717) is 17.3 Å². The van der Waals surface area contributed by atoms with Crippen LogP contribution >= 0.6 is 11.6 Å². The van der Waals surface area contributed by atoms with E-state index < -0.39 is 16.1 Å². The van der Waals surface area contributed by atoms with E-state index in [9.17, 15) is 13.2 Å². The van der Waals surface area contributed by atoms with Gasteiger partial charge >= 0.3 is 0 Å². The van der Waals surface area contributed by atoms with Gasteiger partial charge in [-0.1, -0.05) is 41.9 Å². The predicted octanol–water partition coefficient (Wildman–Crippen LogP) is 2.81. The van der Waals surface area contributed by atoms with Crippen molar-refractivity contribution in [2.45, 2.75) is 19.5 Å². The van der Waals surface area contributed by atoms with Crippen molar-refractivity contribution in [3.05, 3.63) is 65.2 Å². The van der Waals surface area contributed by atoms with Crippen molar-refractivity contribution < 1.29 is 13.2 Å². The first kappa shape index (κ1) is 18.3. The van der Waals surface area contributed by atoms with Crippen LogP contribution in [0.1, 0.15) is 12.5 Å². The number of amides is 1. The molecule has 24 heavy (non-hydrogen) atoms. The van der Waals surface area contributed by atoms with Crippen molar-refractivity contribution in [3.63, 3.8) is 0 Å². The van der Waals surface area contributed by atoms with Crippen LogP contribution in [-0.2, 0) is 21.4 Å². The number of sulfonamides is 1. The molecule has 0 heterocycles. The summed E-state index contributed by atoms with van der Waals surface area (Å²) in [4.78, 5) is 12.4. The second-order valence-electron chi connectivity index (χ2n) is 5.41. The Kier molecular flexibility index (Phi) is 5.85. The predicted molar refractivity (Wildman–Crippen MR) is 96.5 cm³/mol. The summed E-state index contributed by atoms with van der Waals surface area (Å²) < 4.78 is 25.4. The van der Waals surface area contributed by atoms with Crippen molar-refractivity contribution in [1.82, 2.24) is 5.32 Å². The molecule has 5 nitrogen and oxygen atoms in total. The Bertz CT molecular complexity index is 792. The maximum absolute atomic E-state index is 12.4. The molecule has 0 aromatic heterocycles. The molecule has 0 unspecified atom stereocenters. The Morgan fingerprint density at radius 2 is 1.71 bits per heavy atom. The fourth-order valence-electron chi connectivity index (χ4n) is 2.32. The third-order valence-electron chi connectivity index (χ3n) is 3.48. The zero-order chi connectivity index (χ0) is 17.7. The van der Waals surface area contributed by atoms with Gasteiger partial charge in [0.25, 0.3) is 0 Å². The minimum Gasteiger partial charge on any atom is -0.350 e. The molecule has 2 rings (SSSR count). The first-order chi connectivity index (χ1) is 11.3. The number of carbonyl (C=O) groups is 1. The van der Waals surface area contributed by atoms with Gasteiger partial charge < -0.3 is 5.32 Å². The van der Waals surface area contributed by atoms with Gasteiger partial charge in [0.15, 0.2) is 0 Å². The maximum Gasteiger partial charge on any atom is 0.243 e. The van der Waals surface area contributed by atoms with Crippen LogP contribution in [0.4, 0.5) is 5.69 Å². The van der Waals surface area contributed by atoms with E-state index in [1.807, 2.05) is 0 Å². The normalized spacial score (nSPS) is 12.5. The minimum atomic E-state index is -3.60. The first-order valence-corrected chi connectivity index (χ1v) is 9.58. The average Bonchev–Trinajstić information content (AvgIpc) is 2.54. The van der Waals surface area contributed by atoms with Gasteiger partial charge in [-0.25, -0.2) is 8.42 Å². The highest BCUT2D eigenvalue weighted by Crippen LogP contribution is 2.20. The van der Waals surface area contributed by atoms with Gasteiger partial charge in [-0.2, -0.15) is 0 Å². The third kappa shape index (κ3) is 4.72. The number of halogens is 1. The molecule has 1 atom stereocenters. The molecule has 0 saturated carbocycles. The summed E-state index contributed by atoms with van der Waals surface area (Å²) in [6, 6.07) is 14.8. The summed E-state index contributed by atoms with van der Waals surface area (Å²) in [5, 5.41) is 3.37. The minimum absolute atomic E-state index is 0.298. The average molecular weight is 367 g/mol. The van der Waals surface area contributed by atoms with Gasteiger partial charge in [-0.05, 0) is 36.8 Å². The highest BCUT2D eigenvalue weighted by Gasteiger charge is 2.28. The number of hydrogen-bond acceptors (Lipinski definition) is 3. The number of hydrogen-bond donors (Lipinski definition) is 1. The molecule has 0 saturated heterocycles. The fraction of sp³-hybridized carbons (Fsp3) is 0.235. The highest BCUT2D eigenvalue weighted by atomic mass is 35.5. The van der Waals surface area contributed by atoms with Crippen LogP contribution in [0.3, 0.4) is 0 Å². The molecule has 0 aliphatic carbocycles. The molecule has 0 bridgehead atoms. The van der Waals surface area contributed by atoms with Crippen molar-refractivity contribution in [3.8, 4) is 0 Å². The second-order valence-corrected chi connectivity index (χ2v) is 7.71. The molecule has 0 aliphatic heterocycles. The van der Waals surface area contributed by atoms with E-state index in [4.69, 9.17) is 11.6 Å². The van der Waals surface area contributed by atoms with E-state index in [1.165, 1.54) is 0 Å². The number of rotatable bonds is 6. The second kappa shape index (κ2) is 7.68. The Hall–Kier alpha value is -2.05. The quantitative estimate of drug-likeness (QED) is 0.854. The number of carbonyl (C=O) groups excluding carboxylic acids is 1. The molecule has 0 fully saturated rings. The third-order valence-corrected chi connectivity index (χ3v) is 4.97. The lowest BCUT2D eigenvalue weighted by Gasteiger charge is -2.28. The van der Waals surface area contributed by atoms with Crippen LogP contribution in [0.2, 0.25) is 5.02 Å². The zero-order valence-electron chi connectivity index (χ0n) is 13.4. The van der Waals surface area contributed by atoms with Crippen LogP contribution in [-0.4, -0.2) is 26.6 Å². The summed E-state index contributed by atoms with van der Waals surface area (Å²) >= 11 is 5.82. The first-order valence-electron chi connectivity index (χ1n) is 7.35. The molecule has 1 N–H and O–H groups in total. The van der Waals surface area contributed by atoms with Crippen molar-refractivity contribution in [2.24, 2.45) is 0 Å². The molecule has 128 valence electrons. The smallest absolute Gasteiger partial charge is 0.243 e. The van der Waals surface area contributed by atoms with Gasteiger partial charge in [0.1, 0.15) is 6.04 Å². The molecular formula is C17H19ClN2O3S. The van der Waals surface area contributed by atoms with Crippen molar-refractivity contribution >= 4 is 33.2 Å².